The summed E-state index contributed by atoms with van der Waals surface area (Å²) >= 11 is 7.30. The van der Waals surface area contributed by atoms with E-state index in [0.29, 0.717) is 32.3 Å². The first-order valence-corrected chi connectivity index (χ1v) is 11.5. The van der Waals surface area contributed by atoms with Gasteiger partial charge in [-0.2, -0.15) is 0 Å². The third-order valence-electron chi connectivity index (χ3n) is 4.96. The second-order valence-corrected chi connectivity index (χ2v) is 8.78. The molecule has 0 unspecified atom stereocenters. The summed E-state index contributed by atoms with van der Waals surface area (Å²) in [4.78, 5) is 41.8. The Bertz CT molecular complexity index is 1400. The molecule has 1 N–H and O–H groups in total. The van der Waals surface area contributed by atoms with Gasteiger partial charge in [0.05, 0.1) is 23.2 Å². The van der Waals surface area contributed by atoms with Gasteiger partial charge in [-0.15, -0.1) is 0 Å². The van der Waals surface area contributed by atoms with Gasteiger partial charge in [0, 0.05) is 16.3 Å². The lowest BCUT2D eigenvalue weighted by Gasteiger charge is -2.13. The minimum Gasteiger partial charge on any atom is -0.325 e. The van der Waals surface area contributed by atoms with Crippen LogP contribution >= 0.6 is 23.4 Å². The first kappa shape index (κ1) is 22.8. The number of benzene rings is 3. The number of aromatic nitrogens is 2. The molecule has 6 nitrogen and oxygen atoms in total. The van der Waals surface area contributed by atoms with Gasteiger partial charge in [0.15, 0.2) is 10.9 Å². The van der Waals surface area contributed by atoms with Crippen LogP contribution in [0.25, 0.3) is 10.9 Å². The number of halogens is 1. The number of para-hydroxylation sites is 1. The molecule has 1 amide bonds. The molecule has 3 aromatic carbocycles. The molecule has 0 atom stereocenters. The van der Waals surface area contributed by atoms with Gasteiger partial charge in [0.25, 0.3) is 5.56 Å². The summed E-state index contributed by atoms with van der Waals surface area (Å²) in [5.74, 6) is -0.217. The van der Waals surface area contributed by atoms with Gasteiger partial charge in [-0.05, 0) is 61.0 Å². The number of amides is 1. The highest BCUT2D eigenvalue weighted by Gasteiger charge is 2.14. The number of carbonyl (C=O) groups excluding carboxylic acids is 2. The highest BCUT2D eigenvalue weighted by Crippen LogP contribution is 2.21. The fourth-order valence-corrected chi connectivity index (χ4v) is 4.34. The highest BCUT2D eigenvalue weighted by atomic mass is 35.5. The first-order valence-electron chi connectivity index (χ1n) is 10.2. The van der Waals surface area contributed by atoms with E-state index in [2.05, 4.69) is 10.3 Å². The Hall–Kier alpha value is -3.42. The molecule has 1 heterocycles. The smallest absolute Gasteiger partial charge is 0.262 e. The molecule has 4 aromatic rings. The lowest BCUT2D eigenvalue weighted by molar-refractivity contribution is -0.113. The van der Waals surface area contributed by atoms with Crippen molar-refractivity contribution < 1.29 is 9.59 Å². The van der Waals surface area contributed by atoms with Crippen LogP contribution < -0.4 is 10.9 Å². The number of hydrogen-bond donors (Lipinski definition) is 1. The van der Waals surface area contributed by atoms with Crippen LogP contribution in [0.5, 0.6) is 0 Å². The predicted molar refractivity (Wildman–Crippen MR) is 132 cm³/mol. The van der Waals surface area contributed by atoms with Crippen molar-refractivity contribution in [1.82, 2.24) is 9.55 Å². The zero-order valence-corrected chi connectivity index (χ0v) is 19.3. The summed E-state index contributed by atoms with van der Waals surface area (Å²) < 4.78 is 1.56. The molecule has 8 heteroatoms. The Balaban J connectivity index is 1.57. The molecule has 0 aliphatic carbocycles. The molecule has 0 saturated heterocycles. The zero-order valence-electron chi connectivity index (χ0n) is 17.7. The maximum absolute atomic E-state index is 13.2. The highest BCUT2D eigenvalue weighted by molar-refractivity contribution is 7.99. The number of ketones is 1. The van der Waals surface area contributed by atoms with Gasteiger partial charge in [-0.1, -0.05) is 47.6 Å². The quantitative estimate of drug-likeness (QED) is 0.229. The Morgan fingerprint density at radius 2 is 1.79 bits per heavy atom. The summed E-state index contributed by atoms with van der Waals surface area (Å²) in [5, 5.41) is 4.34. The van der Waals surface area contributed by atoms with Gasteiger partial charge in [-0.3, -0.25) is 19.0 Å². The molecular formula is C25H20ClN3O3S. The maximum atomic E-state index is 13.2. The van der Waals surface area contributed by atoms with Crippen molar-refractivity contribution in [3.8, 4) is 0 Å². The van der Waals surface area contributed by atoms with Crippen molar-refractivity contribution >= 4 is 51.6 Å². The van der Waals surface area contributed by atoms with E-state index < -0.39 is 0 Å². The average molecular weight is 478 g/mol. The molecule has 0 aliphatic rings. The molecule has 4 rings (SSSR count). The van der Waals surface area contributed by atoms with Crippen LogP contribution in [0.1, 0.15) is 22.8 Å². The zero-order chi connectivity index (χ0) is 23.4. The number of hydrogen-bond acceptors (Lipinski definition) is 5. The summed E-state index contributed by atoms with van der Waals surface area (Å²) in [6.45, 7) is 1.78. The predicted octanol–water partition coefficient (Wildman–Crippen LogP) is 5.03. The second kappa shape index (κ2) is 10.0. The van der Waals surface area contributed by atoms with Crippen LogP contribution in [-0.2, 0) is 11.3 Å². The van der Waals surface area contributed by atoms with E-state index in [9.17, 15) is 14.4 Å². The maximum Gasteiger partial charge on any atom is 0.262 e. The second-order valence-electron chi connectivity index (χ2n) is 7.40. The summed E-state index contributed by atoms with van der Waals surface area (Å²) in [6.07, 6.45) is 0. The number of carbonyl (C=O) groups is 2. The van der Waals surface area contributed by atoms with Crippen molar-refractivity contribution in [2.24, 2.45) is 0 Å². The molecule has 1 aromatic heterocycles. The largest absolute Gasteiger partial charge is 0.325 e. The van der Waals surface area contributed by atoms with Crippen molar-refractivity contribution in [1.29, 1.82) is 0 Å². The molecule has 0 bridgehead atoms. The number of rotatable bonds is 7. The molecule has 0 spiro atoms. The molecule has 0 radical (unpaired) electrons. The number of nitrogens with zero attached hydrogens (tertiary/aromatic N) is 2. The Morgan fingerprint density at radius 1 is 1.03 bits per heavy atom. The van der Waals surface area contributed by atoms with E-state index in [1.807, 2.05) is 18.2 Å². The van der Waals surface area contributed by atoms with Gasteiger partial charge >= 0.3 is 0 Å². The number of nitrogens with one attached hydrogen (secondary N) is 1. The molecule has 33 heavy (non-hydrogen) atoms. The van der Waals surface area contributed by atoms with Crippen LogP contribution in [0, 0.1) is 0 Å². The Morgan fingerprint density at radius 3 is 2.52 bits per heavy atom. The molecule has 0 aliphatic heterocycles. The first-order chi connectivity index (χ1) is 15.9. The van der Waals surface area contributed by atoms with Crippen molar-refractivity contribution in [2.75, 3.05) is 11.1 Å². The lowest BCUT2D eigenvalue weighted by Crippen LogP contribution is -2.25. The van der Waals surface area contributed by atoms with E-state index in [-0.39, 0.29) is 29.5 Å². The summed E-state index contributed by atoms with van der Waals surface area (Å²) in [6, 6.07) is 21.1. The fraction of sp³-hybridized carbons (Fsp3) is 0.120. The van der Waals surface area contributed by atoms with Crippen LogP contribution in [0.15, 0.2) is 82.7 Å². The SMILES string of the molecule is CC(=O)c1ccc(NC(=O)CSc2nc3ccccc3c(=O)n2Cc2cccc(Cl)c2)cc1. The molecule has 0 fully saturated rings. The van der Waals surface area contributed by atoms with Gasteiger partial charge in [-0.25, -0.2) is 4.98 Å². The molecular weight excluding hydrogens is 458 g/mol. The van der Waals surface area contributed by atoms with Crippen molar-refractivity contribution in [3.05, 3.63) is 99.3 Å². The topological polar surface area (TPSA) is 81.1 Å². The number of fused-ring (bicyclic) bond motifs is 1. The van der Waals surface area contributed by atoms with Crippen LogP contribution in [-0.4, -0.2) is 27.0 Å². The minimum absolute atomic E-state index is 0.0384. The van der Waals surface area contributed by atoms with Crippen molar-refractivity contribution in [2.45, 2.75) is 18.6 Å². The number of anilines is 1. The standard InChI is InChI=1S/C25H20ClN3O3S/c1-16(30)18-9-11-20(12-10-18)27-23(31)15-33-25-28-22-8-3-2-7-21(22)24(32)29(25)14-17-5-4-6-19(26)13-17/h2-13H,14-15H2,1H3,(H,27,31). The van der Waals surface area contributed by atoms with E-state index >= 15 is 0 Å². The van der Waals surface area contributed by atoms with Gasteiger partial charge in [0.2, 0.25) is 5.91 Å². The van der Waals surface area contributed by atoms with Gasteiger partial charge < -0.3 is 5.32 Å². The Labute approximate surface area is 199 Å². The van der Waals surface area contributed by atoms with E-state index in [0.717, 1.165) is 5.56 Å². The van der Waals surface area contributed by atoms with E-state index in [1.54, 1.807) is 59.2 Å². The fourth-order valence-electron chi connectivity index (χ4n) is 3.33. The van der Waals surface area contributed by atoms with Crippen molar-refractivity contribution in [3.63, 3.8) is 0 Å². The monoisotopic (exact) mass is 477 g/mol. The summed E-state index contributed by atoms with van der Waals surface area (Å²) in [7, 11) is 0. The number of Topliss-reactive ketones (excluding diaryl/α,β-unsaturated/α-hetero) is 1. The third kappa shape index (κ3) is 5.50. The normalized spacial score (nSPS) is 10.8. The average Bonchev–Trinajstić information content (AvgIpc) is 2.80. The third-order valence-corrected chi connectivity index (χ3v) is 6.18. The van der Waals surface area contributed by atoms with E-state index in [4.69, 9.17) is 11.6 Å². The van der Waals surface area contributed by atoms with E-state index in [1.165, 1.54) is 18.7 Å². The summed E-state index contributed by atoms with van der Waals surface area (Å²) in [5.41, 5.74) is 2.43. The van der Waals surface area contributed by atoms with Crippen LogP contribution in [0.3, 0.4) is 0 Å². The molecule has 166 valence electrons. The van der Waals surface area contributed by atoms with Gasteiger partial charge in [0.1, 0.15) is 0 Å². The number of thioether (sulfide) groups is 1. The molecule has 0 saturated carbocycles. The van der Waals surface area contributed by atoms with Crippen LogP contribution in [0.4, 0.5) is 5.69 Å². The minimum atomic E-state index is -0.243. The van der Waals surface area contributed by atoms with Crippen LogP contribution in [0.2, 0.25) is 5.02 Å². The Kier molecular flexibility index (Phi) is 6.91. The lowest BCUT2D eigenvalue weighted by atomic mass is 10.1.